The Balaban J connectivity index is 1.58. The lowest BCUT2D eigenvalue weighted by Crippen LogP contribution is -2.29. The number of thiophene rings is 1. The van der Waals surface area contributed by atoms with Gasteiger partial charge < -0.3 is 14.1 Å². The fourth-order valence-corrected chi connectivity index (χ4v) is 4.48. The molecule has 0 atom stereocenters. The Morgan fingerprint density at radius 1 is 0.971 bits per heavy atom. The first-order valence-electron chi connectivity index (χ1n) is 10.9. The summed E-state index contributed by atoms with van der Waals surface area (Å²) in [5.74, 6) is 1.93. The van der Waals surface area contributed by atoms with Crippen LogP contribution in [0.25, 0.3) is 11.3 Å². The summed E-state index contributed by atoms with van der Waals surface area (Å²) in [6.45, 7) is 0.634. The second-order valence-electron chi connectivity index (χ2n) is 7.75. The number of ether oxygens (including phenoxy) is 1. The van der Waals surface area contributed by atoms with Crippen LogP contribution in [0.5, 0.6) is 11.6 Å². The zero-order valence-corrected chi connectivity index (χ0v) is 19.4. The molecule has 34 heavy (non-hydrogen) atoms. The van der Waals surface area contributed by atoms with E-state index in [2.05, 4.69) is 0 Å². The van der Waals surface area contributed by atoms with E-state index in [1.165, 1.54) is 11.3 Å². The van der Waals surface area contributed by atoms with E-state index in [4.69, 9.17) is 14.3 Å². The summed E-state index contributed by atoms with van der Waals surface area (Å²) in [7, 11) is 1.85. The van der Waals surface area contributed by atoms with Crippen molar-refractivity contribution in [3.8, 4) is 22.9 Å². The monoisotopic (exact) mass is 469 g/mol. The molecule has 0 spiro atoms. The number of carbonyl (C=O) groups is 1. The van der Waals surface area contributed by atoms with Crippen molar-refractivity contribution in [1.29, 1.82) is 0 Å². The molecule has 0 aliphatic rings. The third-order valence-corrected chi connectivity index (χ3v) is 6.25. The topological polar surface area (TPSA) is 60.5 Å². The van der Waals surface area contributed by atoms with Gasteiger partial charge in [0, 0.05) is 12.6 Å². The highest BCUT2D eigenvalue weighted by Crippen LogP contribution is 2.35. The van der Waals surface area contributed by atoms with Gasteiger partial charge in [-0.1, -0.05) is 54.6 Å². The molecular weight excluding hydrogens is 446 g/mol. The molecule has 0 N–H and O–H groups in total. The molecule has 0 aliphatic heterocycles. The number of aryl methyl sites for hydroxylation is 1. The first-order valence-corrected chi connectivity index (χ1v) is 11.8. The van der Waals surface area contributed by atoms with Crippen LogP contribution in [0.3, 0.4) is 0 Å². The molecule has 0 saturated carbocycles. The zero-order valence-electron chi connectivity index (χ0n) is 18.6. The second kappa shape index (κ2) is 9.80. The molecule has 1 amide bonds. The number of rotatable bonds is 8. The molecule has 7 heteroatoms. The van der Waals surface area contributed by atoms with Crippen LogP contribution < -0.4 is 4.74 Å². The fraction of sp³-hybridized carbons (Fsp3) is 0.111. The van der Waals surface area contributed by atoms with Crippen molar-refractivity contribution in [2.75, 3.05) is 0 Å². The van der Waals surface area contributed by atoms with Gasteiger partial charge in [-0.3, -0.25) is 4.79 Å². The number of furan rings is 1. The molecule has 3 heterocycles. The van der Waals surface area contributed by atoms with Crippen LogP contribution in [0, 0.1) is 0 Å². The Bertz CT molecular complexity index is 1350. The third kappa shape index (κ3) is 4.65. The van der Waals surface area contributed by atoms with E-state index in [9.17, 15) is 4.79 Å². The predicted molar refractivity (Wildman–Crippen MR) is 132 cm³/mol. The van der Waals surface area contributed by atoms with Crippen molar-refractivity contribution in [3.05, 3.63) is 113 Å². The number of aromatic nitrogens is 2. The Kier molecular flexibility index (Phi) is 6.27. The van der Waals surface area contributed by atoms with Crippen LogP contribution >= 0.6 is 11.3 Å². The smallest absolute Gasteiger partial charge is 0.264 e. The molecule has 6 nitrogen and oxygen atoms in total. The molecule has 0 aliphatic carbocycles. The number of nitrogens with zero attached hydrogens (tertiary/aromatic N) is 3. The highest BCUT2D eigenvalue weighted by atomic mass is 32.1. The number of benzene rings is 2. The van der Waals surface area contributed by atoms with E-state index < -0.39 is 0 Å². The molecule has 2 aromatic carbocycles. The molecule has 170 valence electrons. The van der Waals surface area contributed by atoms with Gasteiger partial charge in [-0.25, -0.2) is 4.68 Å². The van der Waals surface area contributed by atoms with Gasteiger partial charge in [0.2, 0.25) is 5.88 Å². The largest absolute Gasteiger partial charge is 0.467 e. The predicted octanol–water partition coefficient (Wildman–Crippen LogP) is 6.38. The highest BCUT2D eigenvalue weighted by Gasteiger charge is 2.26. The van der Waals surface area contributed by atoms with Gasteiger partial charge in [-0.2, -0.15) is 5.10 Å². The summed E-state index contributed by atoms with van der Waals surface area (Å²) in [5, 5.41) is 6.69. The minimum absolute atomic E-state index is 0.0695. The summed E-state index contributed by atoms with van der Waals surface area (Å²) in [6.07, 6.45) is 1.62. The number of para-hydroxylation sites is 1. The van der Waals surface area contributed by atoms with Gasteiger partial charge in [-0.05, 0) is 35.7 Å². The van der Waals surface area contributed by atoms with E-state index in [1.54, 1.807) is 15.8 Å². The molecule has 5 rings (SSSR count). The first kappa shape index (κ1) is 21.7. The maximum atomic E-state index is 13.5. The van der Waals surface area contributed by atoms with E-state index >= 15 is 0 Å². The van der Waals surface area contributed by atoms with Crippen LogP contribution in [-0.4, -0.2) is 20.6 Å². The van der Waals surface area contributed by atoms with Gasteiger partial charge >= 0.3 is 0 Å². The molecular formula is C27H23N3O3S. The van der Waals surface area contributed by atoms with Gasteiger partial charge in [-0.15, -0.1) is 11.3 Å². The normalized spacial score (nSPS) is 10.9. The SMILES string of the molecule is Cn1nc(-c2ccccc2)c(CN(Cc2ccco2)C(=O)c2cccs2)c1Oc1ccccc1. The quantitative estimate of drug-likeness (QED) is 0.265. The van der Waals surface area contributed by atoms with E-state index in [0.29, 0.717) is 35.4 Å². The lowest BCUT2D eigenvalue weighted by molar-refractivity contribution is 0.0722. The van der Waals surface area contributed by atoms with E-state index in [1.807, 2.05) is 97.4 Å². The van der Waals surface area contributed by atoms with Gasteiger partial charge in [0.05, 0.1) is 29.8 Å². The zero-order chi connectivity index (χ0) is 23.3. The number of hydrogen-bond acceptors (Lipinski definition) is 5. The fourth-order valence-electron chi connectivity index (χ4n) is 3.79. The molecule has 0 unspecified atom stereocenters. The maximum absolute atomic E-state index is 13.5. The first-order chi connectivity index (χ1) is 16.7. The van der Waals surface area contributed by atoms with Gasteiger partial charge in [0.15, 0.2) is 0 Å². The average Bonchev–Trinajstić information content (AvgIpc) is 3.64. The van der Waals surface area contributed by atoms with E-state index in [0.717, 1.165) is 16.8 Å². The van der Waals surface area contributed by atoms with Crippen molar-refractivity contribution in [3.63, 3.8) is 0 Å². The summed E-state index contributed by atoms with van der Waals surface area (Å²) >= 11 is 1.42. The summed E-state index contributed by atoms with van der Waals surface area (Å²) < 4.78 is 13.6. The third-order valence-electron chi connectivity index (χ3n) is 5.39. The summed E-state index contributed by atoms with van der Waals surface area (Å²) in [5.41, 5.74) is 2.56. The Morgan fingerprint density at radius 2 is 1.74 bits per heavy atom. The number of hydrogen-bond donors (Lipinski definition) is 0. The lowest BCUT2D eigenvalue weighted by Gasteiger charge is -2.22. The maximum Gasteiger partial charge on any atom is 0.264 e. The van der Waals surface area contributed by atoms with Crippen molar-refractivity contribution < 1.29 is 13.9 Å². The second-order valence-corrected chi connectivity index (χ2v) is 8.70. The van der Waals surface area contributed by atoms with Crippen LogP contribution in [0.2, 0.25) is 0 Å². The lowest BCUT2D eigenvalue weighted by atomic mass is 10.1. The summed E-state index contributed by atoms with van der Waals surface area (Å²) in [6, 6.07) is 26.9. The van der Waals surface area contributed by atoms with Crippen LogP contribution in [-0.2, 0) is 20.1 Å². The Labute approximate surface area is 201 Å². The minimum Gasteiger partial charge on any atom is -0.467 e. The average molecular weight is 470 g/mol. The molecule has 0 saturated heterocycles. The van der Waals surface area contributed by atoms with Crippen molar-refractivity contribution in [2.45, 2.75) is 13.1 Å². The van der Waals surface area contributed by atoms with Crippen LogP contribution in [0.4, 0.5) is 0 Å². The van der Waals surface area contributed by atoms with Crippen molar-refractivity contribution >= 4 is 17.2 Å². The van der Waals surface area contributed by atoms with E-state index in [-0.39, 0.29) is 5.91 Å². The van der Waals surface area contributed by atoms with Gasteiger partial charge in [0.25, 0.3) is 5.91 Å². The summed E-state index contributed by atoms with van der Waals surface area (Å²) in [4.78, 5) is 15.9. The highest BCUT2D eigenvalue weighted by molar-refractivity contribution is 7.12. The number of carbonyl (C=O) groups excluding carboxylic acids is 1. The van der Waals surface area contributed by atoms with Crippen LogP contribution in [0.15, 0.2) is 101 Å². The molecule has 3 aromatic heterocycles. The Hall–Kier alpha value is -4.10. The minimum atomic E-state index is -0.0695. The van der Waals surface area contributed by atoms with Gasteiger partial charge in [0.1, 0.15) is 17.2 Å². The molecule has 5 aromatic rings. The molecule has 0 bridgehead atoms. The number of amides is 1. The molecule has 0 radical (unpaired) electrons. The standard InChI is InChI=1S/C27H23N3O3S/c1-29-27(33-21-12-6-3-7-13-21)23(25(28-29)20-10-4-2-5-11-20)19-30(18-22-14-8-16-32-22)26(31)24-15-9-17-34-24/h2-17H,18-19H2,1H3. The van der Waals surface area contributed by atoms with Crippen LogP contribution in [0.1, 0.15) is 21.0 Å². The van der Waals surface area contributed by atoms with Crippen molar-refractivity contribution in [2.24, 2.45) is 7.05 Å². The van der Waals surface area contributed by atoms with Crippen molar-refractivity contribution in [1.82, 2.24) is 14.7 Å². The Morgan fingerprint density at radius 3 is 2.41 bits per heavy atom. The molecule has 0 fully saturated rings.